The molecule has 7 nitrogen and oxygen atoms in total. The summed E-state index contributed by atoms with van der Waals surface area (Å²) in [5.41, 5.74) is 1.96. The Bertz CT molecular complexity index is 1210. The molecule has 30 heavy (non-hydrogen) atoms. The van der Waals surface area contributed by atoms with Crippen LogP contribution in [0, 0.1) is 5.82 Å². The number of anilines is 1. The summed E-state index contributed by atoms with van der Waals surface area (Å²) in [6, 6.07) is 13.1. The van der Waals surface area contributed by atoms with Gasteiger partial charge < -0.3 is 15.2 Å². The lowest BCUT2D eigenvalue weighted by Gasteiger charge is -2.10. The second kappa shape index (κ2) is 8.04. The number of benzene rings is 2. The maximum Gasteiger partial charge on any atom is 0.259 e. The molecular formula is C22H17FN4O3. The Labute approximate surface area is 171 Å². The predicted molar refractivity (Wildman–Crippen MR) is 109 cm³/mol. The van der Waals surface area contributed by atoms with Crippen LogP contribution in [0.3, 0.4) is 0 Å². The number of phenols is 1. The van der Waals surface area contributed by atoms with Gasteiger partial charge in [-0.15, -0.1) is 0 Å². The van der Waals surface area contributed by atoms with Gasteiger partial charge in [-0.25, -0.2) is 4.39 Å². The van der Waals surface area contributed by atoms with Crippen molar-refractivity contribution in [3.63, 3.8) is 0 Å². The Hall–Kier alpha value is -4.20. The van der Waals surface area contributed by atoms with E-state index in [2.05, 4.69) is 15.4 Å². The summed E-state index contributed by atoms with van der Waals surface area (Å²) >= 11 is 0. The molecule has 8 heteroatoms. The average Bonchev–Trinajstić information content (AvgIpc) is 3.18. The van der Waals surface area contributed by atoms with Crippen molar-refractivity contribution in [3.8, 4) is 28.5 Å². The number of phenolic OH excluding ortho intramolecular Hbond substituents is 1. The van der Waals surface area contributed by atoms with Crippen molar-refractivity contribution >= 4 is 11.6 Å². The molecule has 2 aromatic carbocycles. The molecular weight excluding hydrogens is 387 g/mol. The molecule has 150 valence electrons. The van der Waals surface area contributed by atoms with Gasteiger partial charge in [0.2, 0.25) is 0 Å². The molecule has 0 spiro atoms. The highest BCUT2D eigenvalue weighted by Gasteiger charge is 2.14. The minimum Gasteiger partial charge on any atom is -0.507 e. The highest BCUT2D eigenvalue weighted by molar-refractivity contribution is 6.06. The number of rotatable bonds is 5. The van der Waals surface area contributed by atoms with Crippen molar-refractivity contribution in [1.29, 1.82) is 0 Å². The largest absolute Gasteiger partial charge is 0.507 e. The van der Waals surface area contributed by atoms with Crippen molar-refractivity contribution in [2.75, 3.05) is 5.32 Å². The number of amides is 1. The van der Waals surface area contributed by atoms with Crippen molar-refractivity contribution in [2.45, 2.75) is 0 Å². The number of hydrogen-bond acceptors (Lipinski definition) is 5. The molecule has 0 aliphatic carbocycles. The lowest BCUT2D eigenvalue weighted by molar-refractivity contribution is 0.102. The van der Waals surface area contributed by atoms with Gasteiger partial charge in [-0.1, -0.05) is 0 Å². The molecule has 2 aromatic heterocycles. The van der Waals surface area contributed by atoms with Gasteiger partial charge in [0, 0.05) is 36.8 Å². The number of carbonyl (C=O) groups excluding carboxylic acids is 1. The third-order valence-corrected chi connectivity index (χ3v) is 4.28. The third-order valence-electron chi connectivity index (χ3n) is 4.28. The summed E-state index contributed by atoms with van der Waals surface area (Å²) in [6.45, 7) is 0. The fourth-order valence-electron chi connectivity index (χ4n) is 2.81. The van der Waals surface area contributed by atoms with E-state index in [9.17, 15) is 14.3 Å². The number of aromatic nitrogens is 3. The molecule has 0 radical (unpaired) electrons. The summed E-state index contributed by atoms with van der Waals surface area (Å²) in [6.07, 6.45) is 5.15. The Morgan fingerprint density at radius 3 is 2.60 bits per heavy atom. The second-order valence-corrected chi connectivity index (χ2v) is 6.52. The average molecular weight is 404 g/mol. The van der Waals surface area contributed by atoms with Crippen LogP contribution in [0.4, 0.5) is 10.1 Å². The van der Waals surface area contributed by atoms with E-state index in [1.54, 1.807) is 35.3 Å². The fourth-order valence-corrected chi connectivity index (χ4v) is 2.81. The van der Waals surface area contributed by atoms with Crippen LogP contribution in [0.2, 0.25) is 0 Å². The van der Waals surface area contributed by atoms with Gasteiger partial charge in [0.05, 0.1) is 17.5 Å². The maximum atomic E-state index is 13.0. The van der Waals surface area contributed by atoms with E-state index >= 15 is 0 Å². The summed E-state index contributed by atoms with van der Waals surface area (Å²) in [5.74, 6) is -0.280. The molecule has 0 aliphatic rings. The zero-order valence-electron chi connectivity index (χ0n) is 15.9. The van der Waals surface area contributed by atoms with Crippen LogP contribution in [0.5, 0.6) is 17.2 Å². The van der Waals surface area contributed by atoms with Crippen molar-refractivity contribution in [2.24, 2.45) is 7.05 Å². The molecule has 0 saturated heterocycles. The first kappa shape index (κ1) is 19.1. The molecule has 0 saturated carbocycles. The number of nitrogens with zero attached hydrogens (tertiary/aromatic N) is 3. The molecule has 2 heterocycles. The molecule has 1 amide bonds. The molecule has 2 N–H and O–H groups in total. The summed E-state index contributed by atoms with van der Waals surface area (Å²) in [7, 11) is 1.82. The summed E-state index contributed by atoms with van der Waals surface area (Å²) < 4.78 is 20.6. The molecule has 0 bridgehead atoms. The molecule has 4 rings (SSSR count). The van der Waals surface area contributed by atoms with Gasteiger partial charge in [0.15, 0.2) is 0 Å². The topological polar surface area (TPSA) is 89.3 Å². The monoisotopic (exact) mass is 404 g/mol. The number of carbonyl (C=O) groups is 1. The van der Waals surface area contributed by atoms with E-state index in [1.165, 1.54) is 36.4 Å². The van der Waals surface area contributed by atoms with Crippen LogP contribution in [-0.2, 0) is 7.05 Å². The van der Waals surface area contributed by atoms with Gasteiger partial charge in [0.25, 0.3) is 5.91 Å². The Morgan fingerprint density at radius 2 is 1.87 bits per heavy atom. The highest BCUT2D eigenvalue weighted by atomic mass is 19.1. The van der Waals surface area contributed by atoms with Crippen LogP contribution in [-0.4, -0.2) is 25.8 Å². The Balaban J connectivity index is 1.54. The number of hydrogen-bond donors (Lipinski definition) is 2. The van der Waals surface area contributed by atoms with Crippen molar-refractivity contribution < 1.29 is 19.0 Å². The van der Waals surface area contributed by atoms with Crippen molar-refractivity contribution in [3.05, 3.63) is 84.6 Å². The fraction of sp³-hybridized carbons (Fsp3) is 0.0455. The van der Waals surface area contributed by atoms with Gasteiger partial charge in [0.1, 0.15) is 23.1 Å². The number of nitrogens with one attached hydrogen (secondary N) is 1. The first-order chi connectivity index (χ1) is 14.5. The highest BCUT2D eigenvalue weighted by Crippen LogP contribution is 2.29. The smallest absolute Gasteiger partial charge is 0.259 e. The second-order valence-electron chi connectivity index (χ2n) is 6.52. The quantitative estimate of drug-likeness (QED) is 0.516. The van der Waals surface area contributed by atoms with E-state index in [0.717, 1.165) is 5.56 Å². The lowest BCUT2D eigenvalue weighted by Crippen LogP contribution is -2.12. The predicted octanol–water partition coefficient (Wildman–Crippen LogP) is 4.37. The van der Waals surface area contributed by atoms with E-state index < -0.39 is 11.7 Å². The van der Waals surface area contributed by atoms with Crippen LogP contribution in [0.1, 0.15) is 10.4 Å². The van der Waals surface area contributed by atoms with Crippen LogP contribution in [0.25, 0.3) is 11.3 Å². The number of pyridine rings is 1. The summed E-state index contributed by atoms with van der Waals surface area (Å²) in [5, 5.41) is 16.8. The molecule has 0 fully saturated rings. The van der Waals surface area contributed by atoms with E-state index in [-0.39, 0.29) is 11.3 Å². The normalized spacial score (nSPS) is 10.6. The van der Waals surface area contributed by atoms with Gasteiger partial charge in [-0.3, -0.25) is 14.5 Å². The number of ether oxygens (including phenoxy) is 1. The molecule has 0 atom stereocenters. The third kappa shape index (κ3) is 4.27. The Kier molecular flexibility index (Phi) is 5.13. The zero-order chi connectivity index (χ0) is 21.1. The van der Waals surface area contributed by atoms with Crippen molar-refractivity contribution in [1.82, 2.24) is 14.8 Å². The van der Waals surface area contributed by atoms with Gasteiger partial charge >= 0.3 is 0 Å². The van der Waals surface area contributed by atoms with E-state index in [4.69, 9.17) is 4.74 Å². The van der Waals surface area contributed by atoms with Crippen LogP contribution < -0.4 is 10.1 Å². The number of halogens is 1. The number of aryl methyl sites for hydroxylation is 1. The Morgan fingerprint density at radius 1 is 1.10 bits per heavy atom. The number of aromatic hydroxyl groups is 1. The van der Waals surface area contributed by atoms with E-state index in [0.29, 0.717) is 22.9 Å². The lowest BCUT2D eigenvalue weighted by atomic mass is 10.1. The SMILES string of the molecule is Cn1cc(-c2cc(Oc3ccc(O)c(C(=O)Nc4ccc(F)cc4)c3)ccn2)cn1. The minimum absolute atomic E-state index is 0.0263. The zero-order valence-corrected chi connectivity index (χ0v) is 15.9. The van der Waals surface area contributed by atoms with Crippen LogP contribution >= 0.6 is 0 Å². The minimum atomic E-state index is -0.546. The van der Waals surface area contributed by atoms with E-state index in [1.807, 2.05) is 13.2 Å². The van der Waals surface area contributed by atoms with Gasteiger partial charge in [-0.2, -0.15) is 5.10 Å². The first-order valence-electron chi connectivity index (χ1n) is 9.01. The standard InChI is InChI=1S/C22H17FN4O3/c1-27-13-14(12-25-27)20-11-18(8-9-24-20)30-17-6-7-21(28)19(10-17)22(29)26-16-4-2-15(23)3-5-16/h2-13,28H,1H3,(H,26,29). The van der Waals surface area contributed by atoms with Gasteiger partial charge in [-0.05, 0) is 48.5 Å². The molecule has 0 unspecified atom stereocenters. The molecule has 0 aliphatic heterocycles. The molecule has 4 aromatic rings. The summed E-state index contributed by atoms with van der Waals surface area (Å²) in [4.78, 5) is 16.8. The van der Waals surface area contributed by atoms with Crippen LogP contribution in [0.15, 0.2) is 73.2 Å². The first-order valence-corrected chi connectivity index (χ1v) is 9.01. The maximum absolute atomic E-state index is 13.0.